The van der Waals surface area contributed by atoms with Crippen LogP contribution in [0.15, 0.2) is 0 Å². The van der Waals surface area contributed by atoms with Crippen molar-refractivity contribution in [3.05, 3.63) is 0 Å². The molecule has 1 heterocycles. The lowest BCUT2D eigenvalue weighted by molar-refractivity contribution is -0.127. The summed E-state index contributed by atoms with van der Waals surface area (Å²) in [5.74, 6) is 4.90. The number of hydrogen-bond donors (Lipinski definition) is 1. The number of piperidine rings is 1. The third-order valence-corrected chi connectivity index (χ3v) is 7.96. The van der Waals surface area contributed by atoms with Gasteiger partial charge in [-0.25, -0.2) is 0 Å². The first-order valence-corrected chi connectivity index (χ1v) is 10.2. The minimum atomic E-state index is 0.219. The second kappa shape index (κ2) is 6.76. The monoisotopic (exact) mass is 319 g/mol. The number of hydrogen-bond acceptors (Lipinski definition) is 1. The first-order chi connectivity index (χ1) is 10.9. The van der Waals surface area contributed by atoms with E-state index in [0.717, 1.165) is 36.6 Å². The standard InChI is InChI=1S/C21H37NO/c1-14-6-5-11-21(4)18(14)9-10-19(21)15(2)7-8-17-12-16(3)20(23)22-13-17/h14-19H,5-13H2,1-4H3,(H,22,23)/t14-,15?,16?,17?,18?,19+,21-/m0/s1. The van der Waals surface area contributed by atoms with Gasteiger partial charge in [0.2, 0.25) is 5.91 Å². The van der Waals surface area contributed by atoms with E-state index in [1.54, 1.807) is 0 Å². The van der Waals surface area contributed by atoms with Crippen molar-refractivity contribution >= 4 is 5.91 Å². The molecule has 3 rings (SSSR count). The number of carbonyl (C=O) groups excluding carboxylic acids is 1. The molecule has 23 heavy (non-hydrogen) atoms. The molecule has 4 unspecified atom stereocenters. The van der Waals surface area contributed by atoms with Gasteiger partial charge < -0.3 is 5.32 Å². The fourth-order valence-electron chi connectivity index (χ4n) is 6.57. The molecule has 2 aliphatic carbocycles. The van der Waals surface area contributed by atoms with Crippen molar-refractivity contribution in [1.29, 1.82) is 0 Å². The quantitative estimate of drug-likeness (QED) is 0.774. The van der Waals surface area contributed by atoms with E-state index in [4.69, 9.17) is 0 Å². The molecule has 2 saturated carbocycles. The molecule has 3 aliphatic rings. The van der Waals surface area contributed by atoms with E-state index in [1.807, 2.05) is 0 Å². The summed E-state index contributed by atoms with van der Waals surface area (Å²) in [6, 6.07) is 0. The summed E-state index contributed by atoms with van der Waals surface area (Å²) in [4.78, 5) is 11.6. The van der Waals surface area contributed by atoms with Crippen LogP contribution in [0.25, 0.3) is 0 Å². The van der Waals surface area contributed by atoms with Crippen molar-refractivity contribution in [3.63, 3.8) is 0 Å². The first-order valence-electron chi connectivity index (χ1n) is 10.2. The third kappa shape index (κ3) is 3.33. The van der Waals surface area contributed by atoms with Gasteiger partial charge >= 0.3 is 0 Å². The summed E-state index contributed by atoms with van der Waals surface area (Å²) in [7, 11) is 0. The molecule has 1 N–H and O–H groups in total. The smallest absolute Gasteiger partial charge is 0.222 e. The molecule has 2 nitrogen and oxygen atoms in total. The maximum atomic E-state index is 11.6. The minimum Gasteiger partial charge on any atom is -0.356 e. The zero-order valence-electron chi connectivity index (χ0n) is 15.7. The highest BCUT2D eigenvalue weighted by atomic mass is 16.1. The number of carbonyl (C=O) groups is 1. The Morgan fingerprint density at radius 2 is 2.04 bits per heavy atom. The molecule has 1 saturated heterocycles. The van der Waals surface area contributed by atoms with Gasteiger partial charge in [0.1, 0.15) is 0 Å². The predicted molar refractivity (Wildman–Crippen MR) is 96.0 cm³/mol. The summed E-state index contributed by atoms with van der Waals surface area (Å²) >= 11 is 0. The number of nitrogens with one attached hydrogen (secondary N) is 1. The minimum absolute atomic E-state index is 0.219. The van der Waals surface area contributed by atoms with E-state index in [-0.39, 0.29) is 11.8 Å². The summed E-state index contributed by atoms with van der Waals surface area (Å²) in [6.45, 7) is 10.6. The normalized spacial score (nSPS) is 45.4. The summed E-state index contributed by atoms with van der Waals surface area (Å²) < 4.78 is 0. The Kier molecular flexibility index (Phi) is 5.09. The lowest BCUT2D eigenvalue weighted by Crippen LogP contribution is -2.41. The van der Waals surface area contributed by atoms with Crippen molar-refractivity contribution in [1.82, 2.24) is 5.32 Å². The highest BCUT2D eigenvalue weighted by Crippen LogP contribution is 2.59. The van der Waals surface area contributed by atoms with E-state index >= 15 is 0 Å². The number of rotatable bonds is 4. The zero-order valence-corrected chi connectivity index (χ0v) is 15.7. The van der Waals surface area contributed by atoms with Gasteiger partial charge in [0, 0.05) is 12.5 Å². The molecule has 0 aromatic heterocycles. The molecule has 1 aliphatic heterocycles. The first kappa shape index (κ1) is 17.3. The van der Waals surface area contributed by atoms with Gasteiger partial charge in [-0.15, -0.1) is 0 Å². The summed E-state index contributed by atoms with van der Waals surface area (Å²) in [6.07, 6.45) is 11.1. The Morgan fingerprint density at radius 3 is 2.78 bits per heavy atom. The fourth-order valence-corrected chi connectivity index (χ4v) is 6.57. The van der Waals surface area contributed by atoms with Gasteiger partial charge in [0.15, 0.2) is 0 Å². The number of amides is 1. The Balaban J connectivity index is 1.54. The van der Waals surface area contributed by atoms with Crippen LogP contribution >= 0.6 is 0 Å². The SMILES string of the molecule is CC1CC(CCC(C)[C@H]2CCC3[C@@H](C)CCC[C@@]32C)CNC1=O. The molecule has 0 aromatic carbocycles. The molecule has 0 radical (unpaired) electrons. The Bertz CT molecular complexity index is 434. The van der Waals surface area contributed by atoms with Crippen LogP contribution in [0.4, 0.5) is 0 Å². The summed E-state index contributed by atoms with van der Waals surface area (Å²) in [5.41, 5.74) is 0.616. The van der Waals surface area contributed by atoms with Crippen LogP contribution in [-0.4, -0.2) is 12.5 Å². The molecule has 3 fully saturated rings. The molecular formula is C21H37NO. The second-order valence-corrected chi connectivity index (χ2v) is 9.47. The molecule has 2 heteroatoms. The highest BCUT2D eigenvalue weighted by molar-refractivity contribution is 5.78. The molecular weight excluding hydrogens is 282 g/mol. The van der Waals surface area contributed by atoms with E-state index in [2.05, 4.69) is 33.0 Å². The average molecular weight is 320 g/mol. The predicted octanol–water partition coefficient (Wildman–Crippen LogP) is 5.03. The van der Waals surface area contributed by atoms with Gasteiger partial charge in [-0.2, -0.15) is 0 Å². The Hall–Kier alpha value is -0.530. The zero-order chi connectivity index (χ0) is 16.6. The molecule has 0 bridgehead atoms. The maximum absolute atomic E-state index is 11.6. The van der Waals surface area contributed by atoms with Crippen molar-refractivity contribution < 1.29 is 4.79 Å². The molecule has 1 amide bonds. The molecule has 132 valence electrons. The van der Waals surface area contributed by atoms with Gasteiger partial charge in [-0.05, 0) is 67.1 Å². The van der Waals surface area contributed by atoms with Crippen LogP contribution in [-0.2, 0) is 4.79 Å². The van der Waals surface area contributed by atoms with Crippen LogP contribution in [0, 0.1) is 40.9 Å². The van der Waals surface area contributed by atoms with Gasteiger partial charge in [-0.1, -0.05) is 47.0 Å². The average Bonchev–Trinajstić information content (AvgIpc) is 2.87. The largest absolute Gasteiger partial charge is 0.356 e. The van der Waals surface area contributed by atoms with E-state index in [9.17, 15) is 4.79 Å². The van der Waals surface area contributed by atoms with Gasteiger partial charge in [0.05, 0.1) is 0 Å². The Morgan fingerprint density at radius 1 is 1.26 bits per heavy atom. The van der Waals surface area contributed by atoms with Crippen molar-refractivity contribution in [2.75, 3.05) is 6.54 Å². The van der Waals surface area contributed by atoms with Crippen LogP contribution < -0.4 is 5.32 Å². The topological polar surface area (TPSA) is 29.1 Å². The van der Waals surface area contributed by atoms with Crippen LogP contribution in [0.5, 0.6) is 0 Å². The van der Waals surface area contributed by atoms with E-state index < -0.39 is 0 Å². The summed E-state index contributed by atoms with van der Waals surface area (Å²) in [5, 5.41) is 3.09. The van der Waals surface area contributed by atoms with Crippen molar-refractivity contribution in [2.45, 2.75) is 79.1 Å². The lowest BCUT2D eigenvalue weighted by Gasteiger charge is -2.46. The van der Waals surface area contributed by atoms with Crippen LogP contribution in [0.2, 0.25) is 0 Å². The van der Waals surface area contributed by atoms with Gasteiger partial charge in [-0.3, -0.25) is 4.79 Å². The van der Waals surface area contributed by atoms with Crippen molar-refractivity contribution in [3.8, 4) is 0 Å². The van der Waals surface area contributed by atoms with Crippen LogP contribution in [0.3, 0.4) is 0 Å². The fraction of sp³-hybridized carbons (Fsp3) is 0.952. The van der Waals surface area contributed by atoms with E-state index in [0.29, 0.717) is 11.3 Å². The van der Waals surface area contributed by atoms with Gasteiger partial charge in [0.25, 0.3) is 0 Å². The lowest BCUT2D eigenvalue weighted by atomic mass is 9.59. The maximum Gasteiger partial charge on any atom is 0.222 e. The van der Waals surface area contributed by atoms with E-state index in [1.165, 1.54) is 44.9 Å². The Labute approximate surface area is 143 Å². The molecule has 0 spiro atoms. The highest BCUT2D eigenvalue weighted by Gasteiger charge is 2.51. The van der Waals surface area contributed by atoms with Crippen molar-refractivity contribution in [2.24, 2.45) is 40.9 Å². The second-order valence-electron chi connectivity index (χ2n) is 9.47. The number of fused-ring (bicyclic) bond motifs is 1. The molecule has 0 aromatic rings. The van der Waals surface area contributed by atoms with Crippen LogP contribution in [0.1, 0.15) is 79.1 Å². The molecule has 7 atom stereocenters. The third-order valence-electron chi connectivity index (χ3n) is 7.96.